The fraction of sp³-hybridized carbons (Fsp3) is 0.778. The second-order valence-corrected chi connectivity index (χ2v) is 4.33. The van der Waals surface area contributed by atoms with Crippen LogP contribution in [0.15, 0.2) is 0 Å². The van der Waals surface area contributed by atoms with E-state index in [1.165, 1.54) is 0 Å². The van der Waals surface area contributed by atoms with Gasteiger partial charge in [-0.05, 0) is 19.3 Å². The van der Waals surface area contributed by atoms with Crippen LogP contribution in [0.2, 0.25) is 0 Å². The predicted octanol–water partition coefficient (Wildman–Crippen LogP) is 2.21. The van der Waals surface area contributed by atoms with Crippen LogP contribution in [0.5, 0.6) is 0 Å². The highest BCUT2D eigenvalue weighted by atomic mass is 19.4. The van der Waals surface area contributed by atoms with Gasteiger partial charge in [-0.2, -0.15) is 13.2 Å². The number of rotatable bonds is 2. The molecule has 3 saturated carbocycles. The SMILES string of the molecule is [C-]#[N+]CC(=O)C12CC(C(F)(F)F)(C1)C2. The van der Waals surface area contributed by atoms with Gasteiger partial charge in [-0.3, -0.25) is 4.79 Å². The fourth-order valence-electron chi connectivity index (χ4n) is 2.62. The van der Waals surface area contributed by atoms with Crippen LogP contribution in [-0.4, -0.2) is 18.5 Å². The molecular formula is C9H8F3NO. The maximum absolute atomic E-state index is 12.4. The Kier molecular flexibility index (Phi) is 1.56. The molecule has 3 aliphatic rings. The molecule has 0 spiro atoms. The van der Waals surface area contributed by atoms with Crippen molar-refractivity contribution in [2.24, 2.45) is 10.8 Å². The Morgan fingerprint density at radius 2 is 1.86 bits per heavy atom. The third kappa shape index (κ3) is 0.887. The maximum Gasteiger partial charge on any atom is 0.394 e. The number of halogens is 3. The Balaban J connectivity index is 2.02. The zero-order valence-electron chi connectivity index (χ0n) is 7.32. The fourth-order valence-corrected chi connectivity index (χ4v) is 2.62. The van der Waals surface area contributed by atoms with E-state index in [0.29, 0.717) is 0 Å². The number of carbonyl (C=O) groups is 1. The van der Waals surface area contributed by atoms with Gasteiger partial charge in [-0.25, -0.2) is 6.57 Å². The maximum atomic E-state index is 12.4. The molecule has 0 heterocycles. The van der Waals surface area contributed by atoms with Gasteiger partial charge < -0.3 is 4.85 Å². The van der Waals surface area contributed by atoms with Crippen molar-refractivity contribution in [1.82, 2.24) is 0 Å². The summed E-state index contributed by atoms with van der Waals surface area (Å²) in [5.74, 6) is -0.307. The van der Waals surface area contributed by atoms with Gasteiger partial charge in [0, 0.05) is 5.41 Å². The van der Waals surface area contributed by atoms with E-state index in [2.05, 4.69) is 4.85 Å². The van der Waals surface area contributed by atoms with Gasteiger partial charge in [0.1, 0.15) is 0 Å². The average Bonchev–Trinajstić information content (AvgIpc) is 1.76. The lowest BCUT2D eigenvalue weighted by molar-refractivity contribution is -0.350. The van der Waals surface area contributed by atoms with Crippen molar-refractivity contribution < 1.29 is 18.0 Å². The Morgan fingerprint density at radius 3 is 2.21 bits per heavy atom. The summed E-state index contributed by atoms with van der Waals surface area (Å²) >= 11 is 0. The zero-order valence-corrected chi connectivity index (χ0v) is 7.32. The third-order valence-electron chi connectivity index (χ3n) is 3.45. The van der Waals surface area contributed by atoms with E-state index < -0.39 is 17.0 Å². The molecule has 0 aromatic heterocycles. The first-order valence-corrected chi connectivity index (χ1v) is 4.29. The molecule has 2 bridgehead atoms. The molecule has 0 unspecified atom stereocenters. The lowest BCUT2D eigenvalue weighted by Crippen LogP contribution is -2.71. The second-order valence-electron chi connectivity index (χ2n) is 4.33. The highest BCUT2D eigenvalue weighted by Crippen LogP contribution is 2.78. The minimum Gasteiger partial charge on any atom is -0.308 e. The summed E-state index contributed by atoms with van der Waals surface area (Å²) < 4.78 is 37.1. The summed E-state index contributed by atoms with van der Waals surface area (Å²) in [6.45, 7) is 6.21. The van der Waals surface area contributed by atoms with Crippen molar-refractivity contribution in [2.45, 2.75) is 25.4 Å². The summed E-state index contributed by atoms with van der Waals surface area (Å²) in [4.78, 5) is 14.2. The van der Waals surface area contributed by atoms with Gasteiger partial charge in [0.2, 0.25) is 5.78 Å². The average molecular weight is 203 g/mol. The minimum absolute atomic E-state index is 0.0855. The molecule has 5 heteroatoms. The van der Waals surface area contributed by atoms with Crippen LogP contribution in [0.4, 0.5) is 13.2 Å². The van der Waals surface area contributed by atoms with Gasteiger partial charge in [-0.1, -0.05) is 0 Å². The number of Topliss-reactive ketones (excluding diaryl/α,β-unsaturated/α-hetero) is 1. The predicted molar refractivity (Wildman–Crippen MR) is 41.2 cm³/mol. The molecule has 0 aromatic carbocycles. The van der Waals surface area contributed by atoms with Crippen LogP contribution in [0.3, 0.4) is 0 Å². The van der Waals surface area contributed by atoms with Crippen LogP contribution in [0.25, 0.3) is 4.85 Å². The molecule has 0 radical (unpaired) electrons. The first kappa shape index (κ1) is 9.50. The molecule has 2 nitrogen and oxygen atoms in total. The van der Waals surface area contributed by atoms with Crippen LogP contribution in [-0.2, 0) is 4.79 Å². The van der Waals surface area contributed by atoms with Crippen LogP contribution < -0.4 is 0 Å². The van der Waals surface area contributed by atoms with Crippen LogP contribution in [0, 0.1) is 17.4 Å². The molecule has 76 valence electrons. The van der Waals surface area contributed by atoms with Crippen molar-refractivity contribution in [3.05, 3.63) is 11.4 Å². The largest absolute Gasteiger partial charge is 0.394 e. The van der Waals surface area contributed by atoms with E-state index in [4.69, 9.17) is 6.57 Å². The smallest absolute Gasteiger partial charge is 0.308 e. The van der Waals surface area contributed by atoms with Crippen molar-refractivity contribution >= 4 is 5.78 Å². The standard InChI is InChI=1S/C9H8F3NO/c1-13-2-6(14)7-3-8(4-7,5-7)9(10,11)12/h2-5H2. The highest BCUT2D eigenvalue weighted by Gasteiger charge is 2.80. The molecule has 3 aliphatic carbocycles. The van der Waals surface area contributed by atoms with Gasteiger partial charge in [-0.15, -0.1) is 0 Å². The molecule has 3 rings (SSSR count). The number of hydrogen-bond acceptors (Lipinski definition) is 1. The number of ketones is 1. The molecule has 3 fully saturated rings. The number of hydrogen-bond donors (Lipinski definition) is 0. The number of carbonyl (C=O) groups excluding carboxylic acids is 1. The monoisotopic (exact) mass is 203 g/mol. The summed E-state index contributed by atoms with van der Waals surface area (Å²) in [5.41, 5.74) is -2.36. The molecular weight excluding hydrogens is 195 g/mol. The first-order valence-electron chi connectivity index (χ1n) is 4.29. The molecule has 0 aliphatic heterocycles. The summed E-state index contributed by atoms with van der Waals surface area (Å²) in [6.07, 6.45) is -4.43. The topological polar surface area (TPSA) is 21.4 Å². The molecule has 0 atom stereocenters. The van der Waals surface area contributed by atoms with Crippen LogP contribution >= 0.6 is 0 Å². The Hall–Kier alpha value is -1.05. The lowest BCUT2D eigenvalue weighted by atomic mass is 9.33. The number of nitrogens with zero attached hydrogens (tertiary/aromatic N) is 1. The molecule has 14 heavy (non-hydrogen) atoms. The Bertz CT molecular complexity index is 319. The Morgan fingerprint density at radius 1 is 1.36 bits per heavy atom. The van der Waals surface area contributed by atoms with E-state index in [1.807, 2.05) is 0 Å². The van der Waals surface area contributed by atoms with Gasteiger partial charge >= 0.3 is 6.18 Å². The van der Waals surface area contributed by atoms with Crippen LogP contribution in [0.1, 0.15) is 19.3 Å². The van der Waals surface area contributed by atoms with E-state index in [9.17, 15) is 18.0 Å². The number of alkyl halides is 3. The molecule has 0 saturated heterocycles. The summed E-state index contributed by atoms with van der Waals surface area (Å²) in [6, 6.07) is 0. The van der Waals surface area contributed by atoms with E-state index in [-0.39, 0.29) is 31.6 Å². The van der Waals surface area contributed by atoms with E-state index in [0.717, 1.165) is 0 Å². The Labute approximate surface area is 78.9 Å². The van der Waals surface area contributed by atoms with Gasteiger partial charge in [0.15, 0.2) is 0 Å². The normalized spacial score (nSPS) is 39.3. The quantitative estimate of drug-likeness (QED) is 0.630. The third-order valence-corrected chi connectivity index (χ3v) is 3.45. The molecule has 0 amide bonds. The molecule has 0 aromatic rings. The van der Waals surface area contributed by atoms with Crippen molar-refractivity contribution in [3.63, 3.8) is 0 Å². The van der Waals surface area contributed by atoms with Gasteiger partial charge in [0.25, 0.3) is 6.54 Å². The second kappa shape index (κ2) is 2.30. The lowest BCUT2D eigenvalue weighted by Gasteiger charge is -2.68. The zero-order chi connectivity index (χ0) is 10.6. The van der Waals surface area contributed by atoms with E-state index >= 15 is 0 Å². The van der Waals surface area contributed by atoms with Gasteiger partial charge in [0.05, 0.1) is 5.41 Å². The summed E-state index contributed by atoms with van der Waals surface area (Å²) in [7, 11) is 0. The van der Waals surface area contributed by atoms with Crippen molar-refractivity contribution in [1.29, 1.82) is 0 Å². The molecule has 0 N–H and O–H groups in total. The van der Waals surface area contributed by atoms with E-state index in [1.54, 1.807) is 0 Å². The minimum atomic E-state index is -4.17. The van der Waals surface area contributed by atoms with Crippen molar-refractivity contribution in [3.8, 4) is 0 Å². The van der Waals surface area contributed by atoms with Crippen molar-refractivity contribution in [2.75, 3.05) is 6.54 Å². The summed E-state index contributed by atoms with van der Waals surface area (Å²) in [5, 5.41) is 0. The first-order chi connectivity index (χ1) is 6.35. The highest BCUT2D eigenvalue weighted by molar-refractivity contribution is 5.91.